The minimum Gasteiger partial charge on any atom is -0.179 e. The fraction of sp³-hybridized carbons (Fsp3) is 0.167. The van der Waals surface area contributed by atoms with Crippen LogP contribution in [0.3, 0.4) is 0 Å². The third-order valence-corrected chi connectivity index (χ3v) is 2.04. The molecule has 1 heteroatoms. The van der Waals surface area contributed by atoms with E-state index in [1.807, 2.05) is 6.08 Å². The molecule has 13 heavy (non-hydrogen) atoms. The average Bonchev–Trinajstić information content (AvgIpc) is 2.19. The van der Waals surface area contributed by atoms with E-state index >= 15 is 0 Å². The third kappa shape index (κ3) is 3.51. The van der Waals surface area contributed by atoms with Crippen molar-refractivity contribution in [2.45, 2.75) is 6.42 Å². The summed E-state index contributed by atoms with van der Waals surface area (Å²) in [5.74, 6) is 0.904. The maximum Gasteiger partial charge on any atom is -0.00632 e. The summed E-state index contributed by atoms with van der Waals surface area (Å²) in [5, 5.41) is 0. The molecule has 1 rings (SSSR count). The fourth-order valence-corrected chi connectivity index (χ4v) is 1.19. The molecule has 0 aliphatic heterocycles. The second-order valence-electron chi connectivity index (χ2n) is 2.79. The van der Waals surface area contributed by atoms with Gasteiger partial charge in [0.1, 0.15) is 0 Å². The van der Waals surface area contributed by atoms with Gasteiger partial charge in [-0.15, -0.1) is 0 Å². The molecule has 0 saturated carbocycles. The Bertz CT molecular complexity index is 282. The van der Waals surface area contributed by atoms with Gasteiger partial charge in [0, 0.05) is 0 Å². The summed E-state index contributed by atoms with van der Waals surface area (Å²) in [6, 6.07) is 8.30. The second-order valence-corrected chi connectivity index (χ2v) is 3.23. The van der Waals surface area contributed by atoms with Crippen molar-refractivity contribution >= 4 is 24.8 Å². The monoisotopic (exact) mass is 190 g/mol. The molecule has 0 aliphatic carbocycles. The summed E-state index contributed by atoms with van der Waals surface area (Å²) < 4.78 is 0. The lowest BCUT2D eigenvalue weighted by Crippen LogP contribution is -1.74. The van der Waals surface area contributed by atoms with E-state index < -0.39 is 0 Å². The second kappa shape index (κ2) is 5.65. The average molecular weight is 190 g/mol. The first-order valence-electron chi connectivity index (χ1n) is 4.36. The molecular weight excluding hydrogens is 176 g/mol. The summed E-state index contributed by atoms with van der Waals surface area (Å²) in [6.07, 6.45) is 7.12. The Morgan fingerprint density at radius 1 is 1.15 bits per heavy atom. The van der Waals surface area contributed by atoms with Crippen molar-refractivity contribution in [3.63, 3.8) is 0 Å². The molecule has 0 aromatic heterocycles. The Labute approximate surface area is 85.4 Å². The molecule has 68 valence electrons. The van der Waals surface area contributed by atoms with Crippen LogP contribution in [-0.2, 0) is 0 Å². The zero-order valence-electron chi connectivity index (χ0n) is 7.61. The Hall–Kier alpha value is -0.950. The topological polar surface area (TPSA) is 0 Å². The summed E-state index contributed by atoms with van der Waals surface area (Å²) in [5.41, 5.74) is 2.39. The molecule has 0 fully saturated rings. The van der Waals surface area contributed by atoms with E-state index in [0.717, 1.165) is 17.7 Å². The minimum atomic E-state index is 0.904. The predicted molar refractivity (Wildman–Crippen MR) is 64.0 cm³/mol. The highest BCUT2D eigenvalue weighted by Crippen LogP contribution is 2.07. The van der Waals surface area contributed by atoms with Crippen molar-refractivity contribution in [2.24, 2.45) is 0 Å². The molecular formula is C12H14S. The first kappa shape index (κ1) is 10.1. The van der Waals surface area contributed by atoms with E-state index in [9.17, 15) is 0 Å². The summed E-state index contributed by atoms with van der Waals surface area (Å²) in [4.78, 5) is 0. The number of hydrogen-bond acceptors (Lipinski definition) is 1. The molecule has 0 radical (unpaired) electrons. The van der Waals surface area contributed by atoms with E-state index in [2.05, 4.69) is 55.6 Å². The molecule has 0 nitrogen and oxygen atoms in total. The van der Waals surface area contributed by atoms with E-state index in [-0.39, 0.29) is 0 Å². The van der Waals surface area contributed by atoms with Crippen molar-refractivity contribution in [1.29, 1.82) is 0 Å². The fourth-order valence-electron chi connectivity index (χ4n) is 1.04. The van der Waals surface area contributed by atoms with E-state index in [4.69, 9.17) is 0 Å². The van der Waals surface area contributed by atoms with Gasteiger partial charge in [0.05, 0.1) is 0 Å². The van der Waals surface area contributed by atoms with E-state index in [1.165, 1.54) is 5.56 Å². The van der Waals surface area contributed by atoms with Gasteiger partial charge in [0.2, 0.25) is 0 Å². The number of benzene rings is 1. The van der Waals surface area contributed by atoms with Gasteiger partial charge in [0.15, 0.2) is 0 Å². The zero-order valence-corrected chi connectivity index (χ0v) is 8.50. The van der Waals surface area contributed by atoms with Crippen LogP contribution in [0, 0.1) is 0 Å². The molecule has 0 heterocycles. The maximum absolute atomic E-state index is 4.13. The lowest BCUT2D eigenvalue weighted by molar-refractivity contribution is 1.26. The Morgan fingerprint density at radius 3 is 2.31 bits per heavy atom. The third-order valence-electron chi connectivity index (χ3n) is 1.78. The predicted octanol–water partition coefficient (Wildman–Crippen LogP) is 3.66. The summed E-state index contributed by atoms with van der Waals surface area (Å²) in [6.45, 7) is 3.71. The maximum atomic E-state index is 4.13. The van der Waals surface area contributed by atoms with Crippen molar-refractivity contribution in [2.75, 3.05) is 5.75 Å². The zero-order chi connectivity index (χ0) is 9.52. The highest BCUT2D eigenvalue weighted by atomic mass is 32.1. The Balaban J connectivity index is 2.63. The first-order chi connectivity index (χ1) is 6.36. The number of thiol groups is 1. The normalized spacial score (nSPS) is 10.5. The molecule has 0 saturated heterocycles. The quantitative estimate of drug-likeness (QED) is 0.688. The van der Waals surface area contributed by atoms with Crippen molar-refractivity contribution in [3.8, 4) is 0 Å². The Morgan fingerprint density at radius 2 is 1.77 bits per heavy atom. The molecule has 0 spiro atoms. The highest BCUT2D eigenvalue weighted by Gasteiger charge is 1.86. The summed E-state index contributed by atoms with van der Waals surface area (Å²) >= 11 is 4.13. The van der Waals surface area contributed by atoms with Gasteiger partial charge in [0.25, 0.3) is 0 Å². The summed E-state index contributed by atoms with van der Waals surface area (Å²) in [7, 11) is 0. The molecule has 0 unspecified atom stereocenters. The van der Waals surface area contributed by atoms with Gasteiger partial charge < -0.3 is 0 Å². The minimum absolute atomic E-state index is 0.904. The van der Waals surface area contributed by atoms with Gasteiger partial charge in [-0.1, -0.05) is 49.1 Å². The van der Waals surface area contributed by atoms with Crippen LogP contribution in [0.1, 0.15) is 17.5 Å². The number of hydrogen-bond donors (Lipinski definition) is 1. The Kier molecular flexibility index (Phi) is 4.41. The van der Waals surface area contributed by atoms with Crippen molar-refractivity contribution in [3.05, 3.63) is 48.0 Å². The van der Waals surface area contributed by atoms with Crippen LogP contribution in [-0.4, -0.2) is 5.75 Å². The SMILES string of the molecule is C=Cc1ccc(C=CCCS)cc1. The standard InChI is InChI=1S/C12H14S/c1-2-11-6-8-12(9-7-11)5-3-4-10-13/h2-3,5-9,13H,1,4,10H2. The van der Waals surface area contributed by atoms with Gasteiger partial charge in [-0.2, -0.15) is 12.6 Å². The molecule has 0 bridgehead atoms. The van der Waals surface area contributed by atoms with Gasteiger partial charge in [-0.05, 0) is 23.3 Å². The van der Waals surface area contributed by atoms with Crippen LogP contribution in [0.15, 0.2) is 36.9 Å². The van der Waals surface area contributed by atoms with Gasteiger partial charge in [-0.25, -0.2) is 0 Å². The van der Waals surface area contributed by atoms with Crippen LogP contribution < -0.4 is 0 Å². The molecule has 0 amide bonds. The van der Waals surface area contributed by atoms with E-state index in [0.29, 0.717) is 0 Å². The highest BCUT2D eigenvalue weighted by molar-refractivity contribution is 7.80. The molecule has 0 atom stereocenters. The van der Waals surface area contributed by atoms with Gasteiger partial charge in [-0.3, -0.25) is 0 Å². The van der Waals surface area contributed by atoms with Crippen molar-refractivity contribution in [1.82, 2.24) is 0 Å². The van der Waals surface area contributed by atoms with Gasteiger partial charge >= 0.3 is 0 Å². The lowest BCUT2D eigenvalue weighted by Gasteiger charge is -1.94. The van der Waals surface area contributed by atoms with Crippen LogP contribution in [0.4, 0.5) is 0 Å². The van der Waals surface area contributed by atoms with Crippen LogP contribution in [0.2, 0.25) is 0 Å². The van der Waals surface area contributed by atoms with Crippen molar-refractivity contribution < 1.29 is 0 Å². The van der Waals surface area contributed by atoms with Crippen LogP contribution in [0.25, 0.3) is 12.2 Å². The lowest BCUT2D eigenvalue weighted by atomic mass is 10.1. The van der Waals surface area contributed by atoms with E-state index in [1.54, 1.807) is 0 Å². The molecule has 1 aromatic rings. The molecule has 0 aliphatic rings. The van der Waals surface area contributed by atoms with Crippen LogP contribution >= 0.6 is 12.6 Å². The number of allylic oxidation sites excluding steroid dienone is 1. The molecule has 1 aromatic carbocycles. The van der Waals surface area contributed by atoms with Crippen LogP contribution in [0.5, 0.6) is 0 Å². The largest absolute Gasteiger partial charge is 0.179 e. The number of rotatable bonds is 4. The first-order valence-corrected chi connectivity index (χ1v) is 5.00. The smallest absolute Gasteiger partial charge is 0.00632 e. The molecule has 0 N–H and O–H groups in total.